The number of carbonyl (C=O) groups is 4. The molecule has 0 bridgehead atoms. The molecule has 0 unspecified atom stereocenters. The zero-order valence-electron chi connectivity index (χ0n) is 15.1. The van der Waals surface area contributed by atoms with Crippen LogP contribution in [0.5, 0.6) is 0 Å². The van der Waals surface area contributed by atoms with E-state index in [0.29, 0.717) is 43.0 Å². The first-order valence-corrected chi connectivity index (χ1v) is 9.58. The lowest BCUT2D eigenvalue weighted by Crippen LogP contribution is -2.41. The van der Waals surface area contributed by atoms with Crippen LogP contribution in [0.2, 0.25) is 0 Å². The fourth-order valence-corrected chi connectivity index (χ4v) is 3.60. The van der Waals surface area contributed by atoms with E-state index in [4.69, 9.17) is 9.47 Å². The Hall–Kier alpha value is -2.84. The van der Waals surface area contributed by atoms with Crippen LogP contribution in [-0.2, 0) is 20.7 Å². The molecule has 1 amide bonds. The Morgan fingerprint density at radius 1 is 1.07 bits per heavy atom. The van der Waals surface area contributed by atoms with Gasteiger partial charge in [0.25, 0.3) is 0 Å². The Morgan fingerprint density at radius 2 is 1.79 bits per heavy atom. The highest BCUT2D eigenvalue weighted by Crippen LogP contribution is 2.19. The molecule has 0 N–H and O–H groups in total. The van der Waals surface area contributed by atoms with Gasteiger partial charge in [-0.05, 0) is 24.3 Å². The number of morpholine rings is 1. The van der Waals surface area contributed by atoms with Gasteiger partial charge in [0.2, 0.25) is 11.7 Å². The van der Waals surface area contributed by atoms with Gasteiger partial charge in [-0.25, -0.2) is 4.79 Å². The van der Waals surface area contributed by atoms with Crippen molar-refractivity contribution in [2.24, 2.45) is 0 Å². The topological polar surface area (TPSA) is 90.0 Å². The summed E-state index contributed by atoms with van der Waals surface area (Å²) in [6.45, 7) is 1.87. The number of hydrogen-bond acceptors (Lipinski definition) is 7. The normalized spacial score (nSPS) is 13.8. The van der Waals surface area contributed by atoms with E-state index in [1.165, 1.54) is 35.6 Å². The second-order valence-electron chi connectivity index (χ2n) is 6.18. The predicted octanol–water partition coefficient (Wildman–Crippen LogP) is 2.00. The van der Waals surface area contributed by atoms with Gasteiger partial charge < -0.3 is 14.4 Å². The lowest BCUT2D eigenvalue weighted by atomic mass is 10.1. The van der Waals surface area contributed by atoms with Gasteiger partial charge in [0.05, 0.1) is 30.1 Å². The minimum Gasteiger partial charge on any atom is -0.454 e. The molecule has 146 valence electrons. The number of carbonyl (C=O) groups excluding carboxylic acids is 4. The summed E-state index contributed by atoms with van der Waals surface area (Å²) in [5.74, 6) is -0.952. The third-order valence-electron chi connectivity index (χ3n) is 4.24. The maximum absolute atomic E-state index is 12.3. The molecule has 2 aromatic rings. The smallest absolute Gasteiger partial charge is 0.338 e. The molecule has 3 rings (SSSR count). The number of nitrogens with zero attached hydrogens (tertiary/aromatic N) is 1. The minimum atomic E-state index is -0.634. The van der Waals surface area contributed by atoms with Crippen molar-refractivity contribution in [2.75, 3.05) is 32.9 Å². The quantitative estimate of drug-likeness (QED) is 0.400. The molecule has 1 aromatic carbocycles. The van der Waals surface area contributed by atoms with Crippen molar-refractivity contribution in [3.63, 3.8) is 0 Å². The maximum Gasteiger partial charge on any atom is 0.338 e. The van der Waals surface area contributed by atoms with Crippen LogP contribution < -0.4 is 0 Å². The number of rotatable bonds is 7. The number of hydrogen-bond donors (Lipinski definition) is 0. The molecule has 0 aliphatic carbocycles. The largest absolute Gasteiger partial charge is 0.454 e. The number of Topliss-reactive ketones (excluding diaryl/α,β-unsaturated/α-hetero) is 1. The molecule has 1 fully saturated rings. The van der Waals surface area contributed by atoms with Crippen LogP contribution in [0, 0.1) is 0 Å². The van der Waals surface area contributed by atoms with Crippen molar-refractivity contribution >= 4 is 35.3 Å². The van der Waals surface area contributed by atoms with E-state index in [2.05, 4.69) is 0 Å². The summed E-state index contributed by atoms with van der Waals surface area (Å²) in [7, 11) is 0. The third-order valence-corrected chi connectivity index (χ3v) is 5.37. The van der Waals surface area contributed by atoms with Crippen molar-refractivity contribution in [3.05, 3.63) is 57.3 Å². The van der Waals surface area contributed by atoms with Gasteiger partial charge >= 0.3 is 5.97 Å². The Kier molecular flexibility index (Phi) is 6.67. The molecular formula is C20H19NO6S. The zero-order valence-corrected chi connectivity index (χ0v) is 15.9. The molecule has 0 saturated carbocycles. The van der Waals surface area contributed by atoms with Gasteiger partial charge in [0, 0.05) is 23.5 Å². The molecule has 1 saturated heterocycles. The van der Waals surface area contributed by atoms with Crippen molar-refractivity contribution < 1.29 is 28.7 Å². The monoisotopic (exact) mass is 401 g/mol. The highest BCUT2D eigenvalue weighted by molar-refractivity contribution is 7.14. The minimum absolute atomic E-state index is 0.00866. The first-order chi connectivity index (χ1) is 13.6. The van der Waals surface area contributed by atoms with Gasteiger partial charge in [-0.15, -0.1) is 11.3 Å². The molecule has 0 spiro atoms. The second kappa shape index (κ2) is 9.38. The molecule has 1 aliphatic heterocycles. The SMILES string of the molecule is O=Cc1ccc(C(=O)OCC(=O)c2ccc(CC(=O)N3CCOCC3)s2)cc1. The number of ketones is 1. The number of amides is 1. The van der Waals surface area contributed by atoms with E-state index in [-0.39, 0.29) is 30.3 Å². The lowest BCUT2D eigenvalue weighted by molar-refractivity contribution is -0.134. The highest BCUT2D eigenvalue weighted by atomic mass is 32.1. The maximum atomic E-state index is 12.3. The first-order valence-electron chi connectivity index (χ1n) is 8.76. The van der Waals surface area contributed by atoms with E-state index in [1.54, 1.807) is 17.0 Å². The lowest BCUT2D eigenvalue weighted by Gasteiger charge is -2.26. The van der Waals surface area contributed by atoms with Crippen LogP contribution in [0.4, 0.5) is 0 Å². The summed E-state index contributed by atoms with van der Waals surface area (Å²) in [4.78, 5) is 50.1. The summed E-state index contributed by atoms with van der Waals surface area (Å²) in [6.07, 6.45) is 0.914. The third kappa shape index (κ3) is 5.11. The van der Waals surface area contributed by atoms with Gasteiger partial charge in [0.1, 0.15) is 6.29 Å². The fourth-order valence-electron chi connectivity index (χ4n) is 2.68. The Bertz CT molecular complexity index is 867. The summed E-state index contributed by atoms with van der Waals surface area (Å²) < 4.78 is 10.3. The predicted molar refractivity (Wildman–Crippen MR) is 102 cm³/mol. The van der Waals surface area contributed by atoms with Gasteiger partial charge in [-0.1, -0.05) is 12.1 Å². The average molecular weight is 401 g/mol. The van der Waals surface area contributed by atoms with E-state index in [9.17, 15) is 19.2 Å². The molecule has 8 heteroatoms. The summed E-state index contributed by atoms with van der Waals surface area (Å²) in [5, 5.41) is 0. The average Bonchev–Trinajstić information content (AvgIpc) is 3.21. The fraction of sp³-hybridized carbons (Fsp3) is 0.300. The van der Waals surface area contributed by atoms with E-state index in [0.717, 1.165) is 4.88 Å². The number of ether oxygens (including phenoxy) is 2. The van der Waals surface area contributed by atoms with Crippen LogP contribution in [0.1, 0.15) is 35.3 Å². The summed E-state index contributed by atoms with van der Waals surface area (Å²) >= 11 is 1.23. The van der Waals surface area contributed by atoms with Crippen LogP contribution in [0.3, 0.4) is 0 Å². The Labute approximate surface area is 165 Å². The van der Waals surface area contributed by atoms with E-state index >= 15 is 0 Å². The Morgan fingerprint density at radius 3 is 2.46 bits per heavy atom. The van der Waals surface area contributed by atoms with E-state index in [1.807, 2.05) is 0 Å². The zero-order chi connectivity index (χ0) is 19.9. The molecule has 1 aliphatic rings. The van der Waals surface area contributed by atoms with Crippen molar-refractivity contribution in [2.45, 2.75) is 6.42 Å². The molecule has 1 aromatic heterocycles. The molecular weight excluding hydrogens is 382 g/mol. The number of aldehydes is 1. The van der Waals surface area contributed by atoms with Gasteiger partial charge in [0.15, 0.2) is 6.61 Å². The Balaban J connectivity index is 1.51. The van der Waals surface area contributed by atoms with Crippen LogP contribution >= 0.6 is 11.3 Å². The van der Waals surface area contributed by atoms with E-state index < -0.39 is 5.97 Å². The van der Waals surface area contributed by atoms with Gasteiger partial charge in [-0.2, -0.15) is 0 Å². The number of esters is 1. The van der Waals surface area contributed by atoms with Crippen molar-refractivity contribution in [3.8, 4) is 0 Å². The van der Waals surface area contributed by atoms with Crippen LogP contribution in [0.25, 0.3) is 0 Å². The van der Waals surface area contributed by atoms with Crippen molar-refractivity contribution in [1.29, 1.82) is 0 Å². The highest BCUT2D eigenvalue weighted by Gasteiger charge is 2.19. The van der Waals surface area contributed by atoms with Gasteiger partial charge in [-0.3, -0.25) is 14.4 Å². The summed E-state index contributed by atoms with van der Waals surface area (Å²) in [6, 6.07) is 9.33. The van der Waals surface area contributed by atoms with Crippen LogP contribution in [-0.4, -0.2) is 61.8 Å². The molecule has 28 heavy (non-hydrogen) atoms. The number of thiophene rings is 1. The molecule has 7 nitrogen and oxygen atoms in total. The second-order valence-corrected chi connectivity index (χ2v) is 7.34. The molecule has 0 atom stereocenters. The van der Waals surface area contributed by atoms with Crippen LogP contribution in [0.15, 0.2) is 36.4 Å². The first kappa shape index (κ1) is 19.9. The van der Waals surface area contributed by atoms with Crippen molar-refractivity contribution in [1.82, 2.24) is 4.90 Å². The standard InChI is InChI=1S/C20H19NO6S/c22-12-14-1-3-15(4-2-14)20(25)27-13-17(23)18-6-5-16(28-18)11-19(24)21-7-9-26-10-8-21/h1-6,12H,7-11,13H2. The molecule has 2 heterocycles. The molecule has 0 radical (unpaired) electrons. The number of benzene rings is 1. The summed E-state index contributed by atoms with van der Waals surface area (Å²) in [5.41, 5.74) is 0.715.